The first kappa shape index (κ1) is 10.7. The van der Waals surface area contributed by atoms with E-state index in [0.29, 0.717) is 0 Å². The van der Waals surface area contributed by atoms with E-state index in [4.69, 9.17) is 5.26 Å². The van der Waals surface area contributed by atoms with E-state index in [9.17, 15) is 0 Å². The van der Waals surface area contributed by atoms with Crippen LogP contribution in [-0.2, 0) is 0 Å². The highest BCUT2D eigenvalue weighted by Crippen LogP contribution is 2.10. The molecule has 0 fully saturated rings. The fourth-order valence-electron chi connectivity index (χ4n) is 1.17. The Balaban J connectivity index is 2.44. The lowest BCUT2D eigenvalue weighted by Crippen LogP contribution is -2.23. The Labute approximate surface area is 84.8 Å². The average Bonchev–Trinajstić information content (AvgIpc) is 2.26. The summed E-state index contributed by atoms with van der Waals surface area (Å²) in [5, 5.41) is 11.9. The zero-order valence-corrected chi connectivity index (χ0v) is 8.57. The first-order chi connectivity index (χ1) is 6.74. The molecule has 1 rings (SSSR count). The van der Waals surface area contributed by atoms with Gasteiger partial charge in [0.15, 0.2) is 0 Å². The summed E-state index contributed by atoms with van der Waals surface area (Å²) in [6.07, 6.45) is 3.56. The maximum Gasteiger partial charge on any atom is 0.0666 e. The number of nitriles is 1. The van der Waals surface area contributed by atoms with E-state index in [-0.39, 0.29) is 12.0 Å². The maximum absolute atomic E-state index is 8.62. The summed E-state index contributed by atoms with van der Waals surface area (Å²) in [7, 11) is 0. The molecule has 0 aliphatic carbocycles. The average molecular weight is 189 g/mol. The molecule has 0 aliphatic rings. The van der Waals surface area contributed by atoms with Gasteiger partial charge in [-0.15, -0.1) is 0 Å². The summed E-state index contributed by atoms with van der Waals surface area (Å²) < 4.78 is 0. The number of pyridine rings is 1. The van der Waals surface area contributed by atoms with Crippen LogP contribution in [0, 0.1) is 17.2 Å². The van der Waals surface area contributed by atoms with Gasteiger partial charge in [-0.05, 0) is 31.5 Å². The molecule has 1 heterocycles. The third-order valence-electron chi connectivity index (χ3n) is 2.16. The second kappa shape index (κ2) is 5.36. The summed E-state index contributed by atoms with van der Waals surface area (Å²) in [5.74, 6) is 0.0549. The minimum absolute atomic E-state index is 0.0549. The fourth-order valence-corrected chi connectivity index (χ4v) is 1.17. The molecule has 0 aromatic carbocycles. The van der Waals surface area contributed by atoms with Crippen LogP contribution in [0.4, 0.5) is 0 Å². The molecule has 0 bridgehead atoms. The Kier molecular flexibility index (Phi) is 4.09. The normalized spacial score (nSPS) is 14.4. The van der Waals surface area contributed by atoms with Crippen molar-refractivity contribution in [2.45, 2.75) is 19.9 Å². The van der Waals surface area contributed by atoms with Crippen LogP contribution in [0.3, 0.4) is 0 Å². The van der Waals surface area contributed by atoms with Crippen molar-refractivity contribution in [1.29, 1.82) is 5.26 Å². The van der Waals surface area contributed by atoms with Crippen LogP contribution < -0.4 is 5.32 Å². The van der Waals surface area contributed by atoms with Crippen LogP contribution >= 0.6 is 0 Å². The standard InChI is InChI=1S/C11H15N3/c1-9(7-12)8-14-10(2)11-3-5-13-6-4-11/h3-6,9-10,14H,8H2,1-2H3/t9?,10-/m0/s1. The minimum Gasteiger partial charge on any atom is -0.309 e. The Bertz CT molecular complexity index is 302. The van der Waals surface area contributed by atoms with Crippen molar-refractivity contribution < 1.29 is 0 Å². The fraction of sp³-hybridized carbons (Fsp3) is 0.455. The van der Waals surface area contributed by atoms with Gasteiger partial charge in [0, 0.05) is 25.0 Å². The van der Waals surface area contributed by atoms with Gasteiger partial charge in [-0.3, -0.25) is 4.98 Å². The molecule has 1 unspecified atom stereocenters. The second-order valence-corrected chi connectivity index (χ2v) is 3.44. The van der Waals surface area contributed by atoms with Crippen molar-refractivity contribution in [3.05, 3.63) is 30.1 Å². The maximum atomic E-state index is 8.62. The lowest BCUT2D eigenvalue weighted by molar-refractivity contribution is 0.527. The van der Waals surface area contributed by atoms with Crippen molar-refractivity contribution >= 4 is 0 Å². The zero-order valence-electron chi connectivity index (χ0n) is 8.57. The second-order valence-electron chi connectivity index (χ2n) is 3.44. The van der Waals surface area contributed by atoms with E-state index in [2.05, 4.69) is 23.3 Å². The molecule has 1 N–H and O–H groups in total. The topological polar surface area (TPSA) is 48.7 Å². The molecule has 0 spiro atoms. The molecular formula is C11H15N3. The summed E-state index contributed by atoms with van der Waals surface area (Å²) in [6, 6.07) is 6.43. The van der Waals surface area contributed by atoms with Gasteiger partial charge in [-0.1, -0.05) is 0 Å². The quantitative estimate of drug-likeness (QED) is 0.786. The molecule has 3 nitrogen and oxygen atoms in total. The molecule has 2 atom stereocenters. The summed E-state index contributed by atoms with van der Waals surface area (Å²) in [6.45, 7) is 4.71. The molecule has 1 aromatic heterocycles. The number of hydrogen-bond acceptors (Lipinski definition) is 3. The number of aromatic nitrogens is 1. The zero-order chi connectivity index (χ0) is 10.4. The highest BCUT2D eigenvalue weighted by atomic mass is 14.9. The third-order valence-corrected chi connectivity index (χ3v) is 2.16. The van der Waals surface area contributed by atoms with Crippen LogP contribution in [0.25, 0.3) is 0 Å². The third kappa shape index (κ3) is 3.15. The van der Waals surface area contributed by atoms with Crippen LogP contribution in [-0.4, -0.2) is 11.5 Å². The van der Waals surface area contributed by atoms with Crippen LogP contribution in [0.1, 0.15) is 25.5 Å². The first-order valence-corrected chi connectivity index (χ1v) is 4.77. The molecule has 0 radical (unpaired) electrons. The Hall–Kier alpha value is -1.40. The molecule has 14 heavy (non-hydrogen) atoms. The highest BCUT2D eigenvalue weighted by molar-refractivity contribution is 5.13. The molecular weight excluding hydrogens is 174 g/mol. The van der Waals surface area contributed by atoms with E-state index in [1.54, 1.807) is 12.4 Å². The summed E-state index contributed by atoms with van der Waals surface area (Å²) in [4.78, 5) is 3.96. The van der Waals surface area contributed by atoms with E-state index >= 15 is 0 Å². The van der Waals surface area contributed by atoms with Crippen LogP contribution in [0.15, 0.2) is 24.5 Å². The van der Waals surface area contributed by atoms with Crippen molar-refractivity contribution in [3.8, 4) is 6.07 Å². The summed E-state index contributed by atoms with van der Waals surface area (Å²) in [5.41, 5.74) is 1.20. The van der Waals surface area contributed by atoms with Gasteiger partial charge in [0.1, 0.15) is 0 Å². The van der Waals surface area contributed by atoms with Crippen molar-refractivity contribution in [1.82, 2.24) is 10.3 Å². The van der Waals surface area contributed by atoms with Crippen molar-refractivity contribution in [3.63, 3.8) is 0 Å². The van der Waals surface area contributed by atoms with Crippen molar-refractivity contribution in [2.75, 3.05) is 6.54 Å². The number of rotatable bonds is 4. The van der Waals surface area contributed by atoms with Crippen molar-refractivity contribution in [2.24, 2.45) is 5.92 Å². The first-order valence-electron chi connectivity index (χ1n) is 4.77. The Morgan fingerprint density at radius 3 is 2.64 bits per heavy atom. The van der Waals surface area contributed by atoms with Gasteiger partial charge >= 0.3 is 0 Å². The van der Waals surface area contributed by atoms with Crippen LogP contribution in [0.2, 0.25) is 0 Å². The molecule has 1 aromatic rings. The molecule has 0 aliphatic heterocycles. The SMILES string of the molecule is CC(C#N)CN[C@@H](C)c1ccncc1. The van der Waals surface area contributed by atoms with Gasteiger partial charge < -0.3 is 5.32 Å². The number of nitrogens with zero attached hydrogens (tertiary/aromatic N) is 2. The van der Waals surface area contributed by atoms with Gasteiger partial charge in [-0.2, -0.15) is 5.26 Å². The highest BCUT2D eigenvalue weighted by Gasteiger charge is 2.05. The van der Waals surface area contributed by atoms with E-state index in [0.717, 1.165) is 6.54 Å². The Morgan fingerprint density at radius 1 is 1.43 bits per heavy atom. The number of nitrogens with one attached hydrogen (secondary N) is 1. The lowest BCUT2D eigenvalue weighted by Gasteiger charge is -2.14. The smallest absolute Gasteiger partial charge is 0.0666 e. The predicted molar refractivity (Wildman–Crippen MR) is 55.4 cm³/mol. The van der Waals surface area contributed by atoms with E-state index in [1.165, 1.54) is 5.56 Å². The molecule has 74 valence electrons. The lowest BCUT2D eigenvalue weighted by atomic mass is 10.1. The van der Waals surface area contributed by atoms with Gasteiger partial charge in [-0.25, -0.2) is 0 Å². The van der Waals surface area contributed by atoms with E-state index in [1.807, 2.05) is 19.1 Å². The molecule has 0 saturated carbocycles. The molecule has 0 amide bonds. The van der Waals surface area contributed by atoms with Gasteiger partial charge in [0.25, 0.3) is 0 Å². The molecule has 0 saturated heterocycles. The number of hydrogen-bond donors (Lipinski definition) is 1. The minimum atomic E-state index is 0.0549. The Morgan fingerprint density at radius 2 is 2.07 bits per heavy atom. The van der Waals surface area contributed by atoms with Gasteiger partial charge in [0.2, 0.25) is 0 Å². The largest absolute Gasteiger partial charge is 0.309 e. The van der Waals surface area contributed by atoms with Gasteiger partial charge in [0.05, 0.1) is 12.0 Å². The van der Waals surface area contributed by atoms with Crippen LogP contribution in [0.5, 0.6) is 0 Å². The van der Waals surface area contributed by atoms with E-state index < -0.39 is 0 Å². The monoisotopic (exact) mass is 189 g/mol. The summed E-state index contributed by atoms with van der Waals surface area (Å²) >= 11 is 0. The molecule has 3 heteroatoms. The predicted octanol–water partition coefficient (Wildman–Crippen LogP) is 1.89.